The first-order valence-corrected chi connectivity index (χ1v) is 7.00. The van der Waals surface area contributed by atoms with E-state index in [-0.39, 0.29) is 5.91 Å². The van der Waals surface area contributed by atoms with Gasteiger partial charge in [-0.15, -0.1) is 11.6 Å². The van der Waals surface area contributed by atoms with Crippen LogP contribution >= 0.6 is 27.5 Å². The third-order valence-electron chi connectivity index (χ3n) is 2.91. The molecule has 1 N–H and O–H groups in total. The Morgan fingerprint density at radius 3 is 2.72 bits per heavy atom. The standard InChI is InChI=1S/C13H17BrClNO2/c1-4-13(2,8-15)16-12(17)10-7-9(18-3)5-6-11(10)14/h5-7H,4,8H2,1-3H3,(H,16,17). The van der Waals surface area contributed by atoms with Gasteiger partial charge in [0.2, 0.25) is 0 Å². The molecule has 0 spiro atoms. The van der Waals surface area contributed by atoms with Gasteiger partial charge in [-0.2, -0.15) is 0 Å². The molecule has 18 heavy (non-hydrogen) atoms. The van der Waals surface area contributed by atoms with Crippen LogP contribution in [0.4, 0.5) is 0 Å². The number of nitrogens with one attached hydrogen (secondary N) is 1. The minimum atomic E-state index is -0.402. The SMILES string of the molecule is CCC(C)(CCl)NC(=O)c1cc(OC)ccc1Br. The van der Waals surface area contributed by atoms with Gasteiger partial charge in [0.15, 0.2) is 0 Å². The first kappa shape index (κ1) is 15.3. The summed E-state index contributed by atoms with van der Waals surface area (Å²) in [6.45, 7) is 3.91. The van der Waals surface area contributed by atoms with Crippen LogP contribution < -0.4 is 10.1 Å². The second-order valence-corrected chi connectivity index (χ2v) is 5.47. The summed E-state index contributed by atoms with van der Waals surface area (Å²) in [4.78, 5) is 12.2. The fourth-order valence-corrected chi connectivity index (χ4v) is 2.05. The zero-order valence-electron chi connectivity index (χ0n) is 10.7. The summed E-state index contributed by atoms with van der Waals surface area (Å²) >= 11 is 9.25. The van der Waals surface area contributed by atoms with Crippen LogP contribution in [0.2, 0.25) is 0 Å². The van der Waals surface area contributed by atoms with Gasteiger partial charge in [-0.3, -0.25) is 4.79 Å². The van der Waals surface area contributed by atoms with Crippen molar-refractivity contribution in [1.29, 1.82) is 0 Å². The zero-order valence-corrected chi connectivity index (χ0v) is 13.1. The van der Waals surface area contributed by atoms with Gasteiger partial charge in [0.05, 0.1) is 18.2 Å². The average molecular weight is 335 g/mol. The Labute approximate surface area is 121 Å². The summed E-state index contributed by atoms with van der Waals surface area (Å²) in [6.07, 6.45) is 0.768. The summed E-state index contributed by atoms with van der Waals surface area (Å²) in [5, 5.41) is 2.94. The molecule has 0 saturated heterocycles. The first-order chi connectivity index (χ1) is 8.45. The number of halogens is 2. The molecule has 1 aromatic carbocycles. The van der Waals surface area contributed by atoms with E-state index in [1.165, 1.54) is 0 Å². The van der Waals surface area contributed by atoms with Crippen molar-refractivity contribution in [3.63, 3.8) is 0 Å². The summed E-state index contributed by atoms with van der Waals surface area (Å²) in [7, 11) is 1.57. The van der Waals surface area contributed by atoms with Crippen molar-refractivity contribution in [3.05, 3.63) is 28.2 Å². The van der Waals surface area contributed by atoms with Gasteiger partial charge in [-0.1, -0.05) is 6.92 Å². The summed E-state index contributed by atoms with van der Waals surface area (Å²) in [5.74, 6) is 0.856. The second kappa shape index (κ2) is 6.43. The topological polar surface area (TPSA) is 38.3 Å². The maximum atomic E-state index is 12.2. The molecular formula is C13H17BrClNO2. The van der Waals surface area contributed by atoms with Gasteiger partial charge in [-0.25, -0.2) is 0 Å². The number of hydrogen-bond acceptors (Lipinski definition) is 2. The lowest BCUT2D eigenvalue weighted by Crippen LogP contribution is -2.47. The highest BCUT2D eigenvalue weighted by molar-refractivity contribution is 9.10. The van der Waals surface area contributed by atoms with Gasteiger partial charge in [0.1, 0.15) is 5.75 Å². The molecule has 0 bridgehead atoms. The molecule has 5 heteroatoms. The molecule has 0 radical (unpaired) electrons. The molecule has 1 aromatic rings. The van der Waals surface area contributed by atoms with Crippen molar-refractivity contribution in [2.75, 3.05) is 13.0 Å². The predicted molar refractivity (Wildman–Crippen MR) is 77.6 cm³/mol. The number of methoxy groups -OCH3 is 1. The fraction of sp³-hybridized carbons (Fsp3) is 0.462. The highest BCUT2D eigenvalue weighted by Crippen LogP contribution is 2.23. The minimum Gasteiger partial charge on any atom is -0.497 e. The van der Waals surface area contributed by atoms with Gasteiger partial charge >= 0.3 is 0 Å². The highest BCUT2D eigenvalue weighted by atomic mass is 79.9. The number of alkyl halides is 1. The largest absolute Gasteiger partial charge is 0.497 e. The van der Waals surface area contributed by atoms with Crippen LogP contribution in [0.5, 0.6) is 5.75 Å². The monoisotopic (exact) mass is 333 g/mol. The Kier molecular flexibility index (Phi) is 5.47. The summed E-state index contributed by atoms with van der Waals surface area (Å²) in [5.41, 5.74) is 0.139. The summed E-state index contributed by atoms with van der Waals surface area (Å²) < 4.78 is 5.85. The minimum absolute atomic E-state index is 0.161. The van der Waals surface area contributed by atoms with E-state index in [0.717, 1.165) is 10.9 Å². The molecule has 0 aliphatic heterocycles. The van der Waals surface area contributed by atoms with E-state index < -0.39 is 5.54 Å². The van der Waals surface area contributed by atoms with E-state index in [1.54, 1.807) is 25.3 Å². The third kappa shape index (κ3) is 3.62. The number of amides is 1. The molecule has 3 nitrogen and oxygen atoms in total. The van der Waals surface area contributed by atoms with Crippen LogP contribution in [-0.2, 0) is 0 Å². The molecule has 1 amide bonds. The molecule has 1 atom stereocenters. The van der Waals surface area contributed by atoms with E-state index in [2.05, 4.69) is 21.2 Å². The normalized spacial score (nSPS) is 13.8. The van der Waals surface area contributed by atoms with Crippen molar-refractivity contribution in [1.82, 2.24) is 5.32 Å². The molecule has 1 unspecified atom stereocenters. The van der Waals surface area contributed by atoms with E-state index in [4.69, 9.17) is 16.3 Å². The lowest BCUT2D eigenvalue weighted by atomic mass is 10.0. The van der Waals surface area contributed by atoms with Gasteiger partial charge in [0, 0.05) is 10.4 Å². The first-order valence-electron chi connectivity index (χ1n) is 5.67. The lowest BCUT2D eigenvalue weighted by Gasteiger charge is -2.27. The van der Waals surface area contributed by atoms with Crippen LogP contribution in [0, 0.1) is 0 Å². The Bertz CT molecular complexity index is 433. The van der Waals surface area contributed by atoms with Crippen molar-refractivity contribution >= 4 is 33.4 Å². The average Bonchev–Trinajstić information content (AvgIpc) is 2.39. The number of hydrogen-bond donors (Lipinski definition) is 1. The fourth-order valence-electron chi connectivity index (χ4n) is 1.36. The molecule has 0 aliphatic rings. The molecule has 0 aliphatic carbocycles. The molecule has 0 saturated carbocycles. The number of ether oxygens (including phenoxy) is 1. The van der Waals surface area contributed by atoms with E-state index >= 15 is 0 Å². The summed E-state index contributed by atoms with van der Waals surface area (Å²) in [6, 6.07) is 5.28. The highest BCUT2D eigenvalue weighted by Gasteiger charge is 2.24. The zero-order chi connectivity index (χ0) is 13.8. The van der Waals surface area contributed by atoms with Gasteiger partial charge in [0.25, 0.3) is 5.91 Å². The Hall–Kier alpha value is -0.740. The van der Waals surface area contributed by atoms with E-state index in [1.807, 2.05) is 13.8 Å². The Balaban J connectivity index is 2.97. The van der Waals surface area contributed by atoms with Crippen LogP contribution in [0.1, 0.15) is 30.6 Å². The van der Waals surface area contributed by atoms with Crippen molar-refractivity contribution in [2.45, 2.75) is 25.8 Å². The maximum absolute atomic E-state index is 12.2. The molecule has 100 valence electrons. The van der Waals surface area contributed by atoms with Crippen molar-refractivity contribution in [3.8, 4) is 5.75 Å². The number of rotatable bonds is 5. The smallest absolute Gasteiger partial charge is 0.253 e. The van der Waals surface area contributed by atoms with Crippen LogP contribution in [0.25, 0.3) is 0 Å². The van der Waals surface area contributed by atoms with Gasteiger partial charge in [-0.05, 0) is 47.5 Å². The predicted octanol–water partition coefficient (Wildman–Crippen LogP) is 3.60. The van der Waals surface area contributed by atoms with Crippen LogP contribution in [0.15, 0.2) is 22.7 Å². The number of carbonyl (C=O) groups is 1. The lowest BCUT2D eigenvalue weighted by molar-refractivity contribution is 0.0911. The van der Waals surface area contributed by atoms with E-state index in [9.17, 15) is 4.79 Å². The Morgan fingerprint density at radius 1 is 1.56 bits per heavy atom. The maximum Gasteiger partial charge on any atom is 0.253 e. The third-order valence-corrected chi connectivity index (χ3v) is 4.19. The van der Waals surface area contributed by atoms with Crippen LogP contribution in [-0.4, -0.2) is 24.4 Å². The molecule has 1 rings (SSSR count). The van der Waals surface area contributed by atoms with Crippen LogP contribution in [0.3, 0.4) is 0 Å². The molecular weight excluding hydrogens is 318 g/mol. The molecule has 0 heterocycles. The van der Waals surface area contributed by atoms with Crippen molar-refractivity contribution in [2.24, 2.45) is 0 Å². The van der Waals surface area contributed by atoms with E-state index in [0.29, 0.717) is 17.2 Å². The molecule has 0 fully saturated rings. The number of carbonyl (C=O) groups excluding carboxylic acids is 1. The quantitative estimate of drug-likeness (QED) is 0.836. The second-order valence-electron chi connectivity index (χ2n) is 4.35. The van der Waals surface area contributed by atoms with Gasteiger partial charge < -0.3 is 10.1 Å². The molecule has 0 aromatic heterocycles. The Morgan fingerprint density at radius 2 is 2.22 bits per heavy atom. The van der Waals surface area contributed by atoms with Crippen molar-refractivity contribution < 1.29 is 9.53 Å². The number of benzene rings is 1.